The molecule has 0 fully saturated rings. The first kappa shape index (κ1) is 16.7. The molecule has 2 aromatic carbocycles. The lowest BCUT2D eigenvalue weighted by Gasteiger charge is -2.08. The number of hydrazone groups is 1. The summed E-state index contributed by atoms with van der Waals surface area (Å²) in [4.78, 5) is 11.9. The van der Waals surface area contributed by atoms with Gasteiger partial charge in [0.05, 0.1) is 12.8 Å². The molecule has 4 nitrogen and oxygen atoms in total. The van der Waals surface area contributed by atoms with E-state index in [9.17, 15) is 4.79 Å². The molecule has 1 N–H and O–H groups in total. The summed E-state index contributed by atoms with van der Waals surface area (Å²) in [6.07, 6.45) is 1.61. The predicted molar refractivity (Wildman–Crippen MR) is 93.0 cm³/mol. The van der Waals surface area contributed by atoms with Crippen molar-refractivity contribution in [3.8, 4) is 5.75 Å². The van der Waals surface area contributed by atoms with Crippen LogP contribution in [0.2, 0.25) is 0 Å². The Labute approximate surface area is 137 Å². The first-order valence-corrected chi connectivity index (χ1v) is 7.67. The van der Waals surface area contributed by atoms with Gasteiger partial charge in [-0.3, -0.25) is 4.79 Å². The summed E-state index contributed by atoms with van der Waals surface area (Å²) in [5.41, 5.74) is 5.10. The fourth-order valence-electron chi connectivity index (χ4n) is 1.88. The molecule has 0 saturated carbocycles. The monoisotopic (exact) mass is 310 g/mol. The standard InChI is InChI=1S/C19H22N2O2/c1-14(2)13-23-18-6-4-5-16(11-18)12-20-21-19(22)17-9-7-15(3)8-10-17/h4-12,14H,13H2,1-3H3,(H,21,22)/b20-12-. The van der Waals surface area contributed by atoms with Crippen molar-refractivity contribution in [3.63, 3.8) is 0 Å². The molecular weight excluding hydrogens is 288 g/mol. The highest BCUT2D eigenvalue weighted by atomic mass is 16.5. The molecule has 4 heteroatoms. The van der Waals surface area contributed by atoms with Gasteiger partial charge in [0.15, 0.2) is 0 Å². The maximum Gasteiger partial charge on any atom is 0.271 e. The minimum Gasteiger partial charge on any atom is -0.493 e. The average molecular weight is 310 g/mol. The predicted octanol–water partition coefficient (Wildman–Crippen LogP) is 3.79. The van der Waals surface area contributed by atoms with Gasteiger partial charge in [-0.25, -0.2) is 5.43 Å². The summed E-state index contributed by atoms with van der Waals surface area (Å²) in [6, 6.07) is 15.0. The van der Waals surface area contributed by atoms with E-state index < -0.39 is 0 Å². The third kappa shape index (κ3) is 5.58. The molecule has 0 saturated heterocycles. The van der Waals surface area contributed by atoms with Gasteiger partial charge in [0.25, 0.3) is 5.91 Å². The van der Waals surface area contributed by atoms with Crippen molar-refractivity contribution in [2.24, 2.45) is 11.0 Å². The van der Waals surface area contributed by atoms with Gasteiger partial charge in [-0.2, -0.15) is 5.10 Å². The van der Waals surface area contributed by atoms with Gasteiger partial charge in [-0.05, 0) is 42.7 Å². The third-order valence-corrected chi connectivity index (χ3v) is 3.13. The van der Waals surface area contributed by atoms with Gasteiger partial charge in [-0.15, -0.1) is 0 Å². The number of hydrogen-bond acceptors (Lipinski definition) is 3. The van der Waals surface area contributed by atoms with Crippen molar-refractivity contribution in [3.05, 3.63) is 65.2 Å². The molecule has 0 aromatic heterocycles. The van der Waals surface area contributed by atoms with Crippen LogP contribution in [0.1, 0.15) is 35.3 Å². The van der Waals surface area contributed by atoms with Gasteiger partial charge in [0, 0.05) is 5.56 Å². The Balaban J connectivity index is 1.93. The second-order valence-corrected chi connectivity index (χ2v) is 5.84. The molecule has 2 rings (SSSR count). The molecule has 23 heavy (non-hydrogen) atoms. The van der Waals surface area contributed by atoms with Crippen LogP contribution in [-0.2, 0) is 0 Å². The Kier molecular flexibility index (Phi) is 5.92. The van der Waals surface area contributed by atoms with Gasteiger partial charge in [0.1, 0.15) is 5.75 Å². The summed E-state index contributed by atoms with van der Waals surface area (Å²) in [5, 5.41) is 4.00. The van der Waals surface area contributed by atoms with Crippen LogP contribution in [-0.4, -0.2) is 18.7 Å². The summed E-state index contributed by atoms with van der Waals surface area (Å²) in [7, 11) is 0. The number of hydrogen-bond donors (Lipinski definition) is 1. The summed E-state index contributed by atoms with van der Waals surface area (Å²) in [6.45, 7) is 6.86. The highest BCUT2D eigenvalue weighted by Crippen LogP contribution is 2.13. The van der Waals surface area contributed by atoms with E-state index >= 15 is 0 Å². The van der Waals surface area contributed by atoms with Gasteiger partial charge >= 0.3 is 0 Å². The molecule has 0 spiro atoms. The van der Waals surface area contributed by atoms with Gasteiger partial charge in [0.2, 0.25) is 0 Å². The number of carbonyl (C=O) groups is 1. The van der Waals surface area contributed by atoms with E-state index in [1.165, 1.54) is 0 Å². The number of ether oxygens (including phenoxy) is 1. The Morgan fingerprint density at radius 2 is 1.96 bits per heavy atom. The SMILES string of the molecule is Cc1ccc(C(=O)N/N=C\c2cccc(OCC(C)C)c2)cc1. The quantitative estimate of drug-likeness (QED) is 0.652. The number of benzene rings is 2. The largest absolute Gasteiger partial charge is 0.493 e. The number of rotatable bonds is 6. The molecule has 0 aliphatic rings. The fraction of sp³-hybridized carbons (Fsp3) is 0.263. The van der Waals surface area contributed by atoms with Crippen LogP contribution in [0, 0.1) is 12.8 Å². The second-order valence-electron chi connectivity index (χ2n) is 5.84. The van der Waals surface area contributed by atoms with Gasteiger partial charge in [-0.1, -0.05) is 43.7 Å². The number of nitrogens with zero attached hydrogens (tertiary/aromatic N) is 1. The van der Waals surface area contributed by atoms with Crippen LogP contribution in [0.3, 0.4) is 0 Å². The zero-order valence-electron chi connectivity index (χ0n) is 13.7. The van der Waals surface area contributed by atoms with Crippen LogP contribution < -0.4 is 10.2 Å². The Bertz CT molecular complexity index is 676. The van der Waals surface area contributed by atoms with Crippen molar-refractivity contribution < 1.29 is 9.53 Å². The van der Waals surface area contributed by atoms with Crippen LogP contribution in [0.15, 0.2) is 53.6 Å². The number of amides is 1. The first-order chi connectivity index (χ1) is 11.0. The maximum atomic E-state index is 11.9. The number of carbonyl (C=O) groups excluding carboxylic acids is 1. The minimum absolute atomic E-state index is 0.228. The van der Waals surface area contributed by atoms with Crippen molar-refractivity contribution in [2.45, 2.75) is 20.8 Å². The van der Waals surface area contributed by atoms with Gasteiger partial charge < -0.3 is 4.74 Å². The van der Waals surface area contributed by atoms with E-state index in [-0.39, 0.29) is 5.91 Å². The lowest BCUT2D eigenvalue weighted by molar-refractivity contribution is 0.0955. The van der Waals surface area contributed by atoms with E-state index in [0.717, 1.165) is 16.9 Å². The van der Waals surface area contributed by atoms with Crippen LogP contribution >= 0.6 is 0 Å². The molecule has 2 aromatic rings. The highest BCUT2D eigenvalue weighted by molar-refractivity contribution is 5.94. The minimum atomic E-state index is -0.228. The molecular formula is C19H22N2O2. The first-order valence-electron chi connectivity index (χ1n) is 7.67. The normalized spacial score (nSPS) is 11.0. The van der Waals surface area contributed by atoms with Crippen LogP contribution in [0.5, 0.6) is 5.75 Å². The molecule has 0 bridgehead atoms. The molecule has 0 atom stereocenters. The maximum absolute atomic E-state index is 11.9. The molecule has 0 unspecified atom stereocenters. The second kappa shape index (κ2) is 8.13. The van der Waals surface area contributed by atoms with E-state index in [2.05, 4.69) is 24.4 Å². The Morgan fingerprint density at radius 1 is 1.22 bits per heavy atom. The lowest BCUT2D eigenvalue weighted by Crippen LogP contribution is -2.17. The van der Waals surface area contributed by atoms with Crippen molar-refractivity contribution in [1.29, 1.82) is 0 Å². The molecule has 1 amide bonds. The Hall–Kier alpha value is -2.62. The van der Waals surface area contributed by atoms with E-state index in [1.807, 2.05) is 43.3 Å². The third-order valence-electron chi connectivity index (χ3n) is 3.13. The van der Waals surface area contributed by atoms with Crippen molar-refractivity contribution in [1.82, 2.24) is 5.43 Å². The summed E-state index contributed by atoms with van der Waals surface area (Å²) < 4.78 is 5.67. The highest BCUT2D eigenvalue weighted by Gasteiger charge is 2.03. The van der Waals surface area contributed by atoms with E-state index in [4.69, 9.17) is 4.74 Å². The van der Waals surface area contributed by atoms with Crippen molar-refractivity contribution >= 4 is 12.1 Å². The molecule has 120 valence electrons. The number of nitrogens with one attached hydrogen (secondary N) is 1. The smallest absolute Gasteiger partial charge is 0.271 e. The summed E-state index contributed by atoms with van der Waals surface area (Å²) >= 11 is 0. The Morgan fingerprint density at radius 3 is 2.65 bits per heavy atom. The fourth-order valence-corrected chi connectivity index (χ4v) is 1.88. The average Bonchev–Trinajstić information content (AvgIpc) is 2.54. The zero-order valence-corrected chi connectivity index (χ0v) is 13.7. The summed E-state index contributed by atoms with van der Waals surface area (Å²) in [5.74, 6) is 1.04. The van der Waals surface area contributed by atoms with Crippen LogP contribution in [0.25, 0.3) is 0 Å². The molecule has 0 aliphatic heterocycles. The van der Waals surface area contributed by atoms with Crippen LogP contribution in [0.4, 0.5) is 0 Å². The number of aryl methyl sites for hydroxylation is 1. The zero-order chi connectivity index (χ0) is 16.7. The molecule has 0 aliphatic carbocycles. The van der Waals surface area contributed by atoms with Crippen molar-refractivity contribution in [2.75, 3.05) is 6.61 Å². The lowest BCUT2D eigenvalue weighted by atomic mass is 10.1. The van der Waals surface area contributed by atoms with E-state index in [0.29, 0.717) is 18.1 Å². The topological polar surface area (TPSA) is 50.7 Å². The molecule has 0 radical (unpaired) electrons. The molecule has 0 heterocycles. The van der Waals surface area contributed by atoms with E-state index in [1.54, 1.807) is 18.3 Å².